The van der Waals surface area contributed by atoms with Crippen LogP contribution < -0.4 is 4.74 Å². The number of benzene rings is 1. The summed E-state index contributed by atoms with van der Waals surface area (Å²) in [5, 5.41) is 0. The summed E-state index contributed by atoms with van der Waals surface area (Å²) in [7, 11) is 0. The van der Waals surface area contributed by atoms with Gasteiger partial charge in [0.15, 0.2) is 11.9 Å². The van der Waals surface area contributed by atoms with Crippen LogP contribution in [0.5, 0.6) is 5.75 Å². The van der Waals surface area contributed by atoms with Crippen LogP contribution in [0.4, 0.5) is 13.2 Å². The Hall–Kier alpha value is -1.52. The minimum Gasteiger partial charge on any atom is -0.483 e. The highest BCUT2D eigenvalue weighted by Gasteiger charge is 2.31. The SMILES string of the molecule is O=C1CCCCC1Oc1cccc(C(F)(F)F)c1. The Bertz CT molecular complexity index is 440. The number of hydrogen-bond acceptors (Lipinski definition) is 2. The first-order chi connectivity index (χ1) is 8.47. The largest absolute Gasteiger partial charge is 0.483 e. The Kier molecular flexibility index (Phi) is 3.59. The molecule has 1 atom stereocenters. The van der Waals surface area contributed by atoms with Gasteiger partial charge in [0, 0.05) is 6.42 Å². The van der Waals surface area contributed by atoms with Gasteiger partial charge in [-0.05, 0) is 37.5 Å². The fourth-order valence-corrected chi connectivity index (χ4v) is 1.99. The molecule has 1 unspecified atom stereocenters. The first-order valence-corrected chi connectivity index (χ1v) is 5.83. The van der Waals surface area contributed by atoms with Crippen LogP contribution in [0.2, 0.25) is 0 Å². The molecule has 0 radical (unpaired) electrons. The van der Waals surface area contributed by atoms with Crippen molar-refractivity contribution >= 4 is 5.78 Å². The normalized spacial score (nSPS) is 20.8. The van der Waals surface area contributed by atoms with E-state index in [0.29, 0.717) is 12.8 Å². The molecule has 0 saturated heterocycles. The van der Waals surface area contributed by atoms with Crippen molar-refractivity contribution in [1.29, 1.82) is 0 Å². The molecular formula is C13H13F3O2. The zero-order chi connectivity index (χ0) is 13.2. The third-order valence-corrected chi connectivity index (χ3v) is 2.94. The van der Waals surface area contributed by atoms with Gasteiger partial charge in [-0.2, -0.15) is 13.2 Å². The van der Waals surface area contributed by atoms with Crippen molar-refractivity contribution < 1.29 is 22.7 Å². The van der Waals surface area contributed by atoms with E-state index in [2.05, 4.69) is 0 Å². The molecule has 98 valence electrons. The molecule has 1 aromatic rings. The van der Waals surface area contributed by atoms with Crippen molar-refractivity contribution in [3.8, 4) is 5.75 Å². The summed E-state index contributed by atoms with van der Waals surface area (Å²) < 4.78 is 42.9. The van der Waals surface area contributed by atoms with Gasteiger partial charge in [-0.3, -0.25) is 4.79 Å². The van der Waals surface area contributed by atoms with E-state index in [1.165, 1.54) is 12.1 Å². The standard InChI is InChI=1S/C13H13F3O2/c14-13(15,16)9-4-3-5-10(8-9)18-12-7-2-1-6-11(12)17/h3-5,8,12H,1-2,6-7H2. The molecule has 0 aliphatic heterocycles. The quantitative estimate of drug-likeness (QED) is 0.810. The van der Waals surface area contributed by atoms with Gasteiger partial charge in [-0.25, -0.2) is 0 Å². The molecule has 0 bridgehead atoms. The van der Waals surface area contributed by atoms with Crippen molar-refractivity contribution in [3.05, 3.63) is 29.8 Å². The molecule has 1 aliphatic rings. The van der Waals surface area contributed by atoms with Gasteiger partial charge in [0.05, 0.1) is 5.56 Å². The topological polar surface area (TPSA) is 26.3 Å². The second-order valence-electron chi connectivity index (χ2n) is 4.34. The van der Waals surface area contributed by atoms with E-state index < -0.39 is 17.8 Å². The Labute approximate surface area is 103 Å². The number of carbonyl (C=O) groups excluding carboxylic acids is 1. The minimum absolute atomic E-state index is 0.0290. The van der Waals surface area contributed by atoms with Crippen LogP contribution in [-0.4, -0.2) is 11.9 Å². The lowest BCUT2D eigenvalue weighted by atomic mass is 9.96. The zero-order valence-electron chi connectivity index (χ0n) is 9.67. The first kappa shape index (κ1) is 12.9. The molecule has 0 amide bonds. The summed E-state index contributed by atoms with van der Waals surface area (Å²) in [5.41, 5.74) is -0.761. The van der Waals surface area contributed by atoms with E-state index in [1.807, 2.05) is 0 Å². The van der Waals surface area contributed by atoms with Gasteiger partial charge < -0.3 is 4.74 Å². The Morgan fingerprint density at radius 1 is 1.22 bits per heavy atom. The molecule has 0 spiro atoms. The first-order valence-electron chi connectivity index (χ1n) is 5.83. The lowest BCUT2D eigenvalue weighted by Crippen LogP contribution is -2.30. The van der Waals surface area contributed by atoms with E-state index in [9.17, 15) is 18.0 Å². The number of Topliss-reactive ketones (excluding diaryl/α,β-unsaturated/α-hetero) is 1. The average molecular weight is 258 g/mol. The lowest BCUT2D eigenvalue weighted by molar-refractivity contribution is -0.137. The highest BCUT2D eigenvalue weighted by molar-refractivity contribution is 5.84. The van der Waals surface area contributed by atoms with Crippen LogP contribution in [0.25, 0.3) is 0 Å². The summed E-state index contributed by atoms with van der Waals surface area (Å²) in [6.07, 6.45) is -2.26. The van der Waals surface area contributed by atoms with Crippen molar-refractivity contribution in [3.63, 3.8) is 0 Å². The van der Waals surface area contributed by atoms with Crippen molar-refractivity contribution in [1.82, 2.24) is 0 Å². The molecule has 5 heteroatoms. The lowest BCUT2D eigenvalue weighted by Gasteiger charge is -2.22. The molecular weight excluding hydrogens is 245 g/mol. The van der Waals surface area contributed by atoms with Crippen LogP contribution in [-0.2, 0) is 11.0 Å². The van der Waals surface area contributed by atoms with Crippen molar-refractivity contribution in [2.24, 2.45) is 0 Å². The number of rotatable bonds is 2. The maximum atomic E-state index is 12.5. The van der Waals surface area contributed by atoms with Gasteiger partial charge in [0.2, 0.25) is 0 Å². The fraction of sp³-hybridized carbons (Fsp3) is 0.462. The molecule has 0 aromatic heterocycles. The van der Waals surface area contributed by atoms with Crippen LogP contribution in [0.15, 0.2) is 24.3 Å². The number of hydrogen-bond donors (Lipinski definition) is 0. The van der Waals surface area contributed by atoms with Crippen LogP contribution in [0.1, 0.15) is 31.2 Å². The Balaban J connectivity index is 2.12. The van der Waals surface area contributed by atoms with Gasteiger partial charge >= 0.3 is 6.18 Å². The van der Waals surface area contributed by atoms with Crippen LogP contribution >= 0.6 is 0 Å². The fourth-order valence-electron chi connectivity index (χ4n) is 1.99. The number of ketones is 1. The predicted molar refractivity (Wildman–Crippen MR) is 59.3 cm³/mol. The van der Waals surface area contributed by atoms with E-state index in [0.717, 1.165) is 25.0 Å². The van der Waals surface area contributed by atoms with E-state index in [1.54, 1.807) is 0 Å². The van der Waals surface area contributed by atoms with E-state index in [-0.39, 0.29) is 11.5 Å². The van der Waals surface area contributed by atoms with Crippen molar-refractivity contribution in [2.45, 2.75) is 38.0 Å². The van der Waals surface area contributed by atoms with E-state index in [4.69, 9.17) is 4.74 Å². The second-order valence-corrected chi connectivity index (χ2v) is 4.34. The predicted octanol–water partition coefficient (Wildman–Crippen LogP) is 3.60. The van der Waals surface area contributed by atoms with Gasteiger partial charge in [-0.15, -0.1) is 0 Å². The summed E-state index contributed by atoms with van der Waals surface area (Å²) >= 11 is 0. The van der Waals surface area contributed by atoms with Gasteiger partial charge in [0.25, 0.3) is 0 Å². The smallest absolute Gasteiger partial charge is 0.416 e. The third kappa shape index (κ3) is 3.03. The average Bonchev–Trinajstić information content (AvgIpc) is 2.31. The van der Waals surface area contributed by atoms with Gasteiger partial charge in [0.1, 0.15) is 5.75 Å². The molecule has 1 saturated carbocycles. The molecule has 1 fully saturated rings. The van der Waals surface area contributed by atoms with Crippen molar-refractivity contribution in [2.75, 3.05) is 0 Å². The summed E-state index contributed by atoms with van der Waals surface area (Å²) in [6.45, 7) is 0. The highest BCUT2D eigenvalue weighted by atomic mass is 19.4. The number of ether oxygens (including phenoxy) is 1. The molecule has 2 nitrogen and oxygen atoms in total. The van der Waals surface area contributed by atoms with Gasteiger partial charge in [-0.1, -0.05) is 6.07 Å². The summed E-state index contributed by atoms with van der Waals surface area (Å²) in [4.78, 5) is 11.5. The molecule has 0 heterocycles. The number of carbonyl (C=O) groups is 1. The monoisotopic (exact) mass is 258 g/mol. The van der Waals surface area contributed by atoms with Crippen LogP contribution in [0.3, 0.4) is 0 Å². The molecule has 1 aromatic carbocycles. The minimum atomic E-state index is -4.39. The summed E-state index contributed by atoms with van der Waals surface area (Å²) in [6, 6.07) is 4.64. The molecule has 0 N–H and O–H groups in total. The maximum Gasteiger partial charge on any atom is 0.416 e. The highest BCUT2D eigenvalue weighted by Crippen LogP contribution is 2.32. The number of halogens is 3. The van der Waals surface area contributed by atoms with E-state index >= 15 is 0 Å². The second kappa shape index (κ2) is 5.00. The Morgan fingerprint density at radius 2 is 2.00 bits per heavy atom. The molecule has 18 heavy (non-hydrogen) atoms. The zero-order valence-corrected chi connectivity index (χ0v) is 9.67. The van der Waals surface area contributed by atoms with Crippen LogP contribution in [0, 0.1) is 0 Å². The Morgan fingerprint density at radius 3 is 2.67 bits per heavy atom. The number of alkyl halides is 3. The summed E-state index contributed by atoms with van der Waals surface area (Å²) in [5.74, 6) is 0.0729. The molecule has 2 rings (SSSR count). The maximum absolute atomic E-state index is 12.5. The molecule has 1 aliphatic carbocycles. The third-order valence-electron chi connectivity index (χ3n) is 2.94.